The van der Waals surface area contributed by atoms with Crippen molar-refractivity contribution in [2.24, 2.45) is 0 Å². The molecule has 0 saturated carbocycles. The zero-order valence-corrected chi connectivity index (χ0v) is 7.57. The van der Waals surface area contributed by atoms with Crippen LogP contribution in [0.3, 0.4) is 0 Å². The number of nitrogens with one attached hydrogen (secondary N) is 2. The van der Waals surface area contributed by atoms with Gasteiger partial charge in [-0.15, -0.1) is 0 Å². The molecule has 1 saturated heterocycles. The Kier molecular flexibility index (Phi) is 4.76. The zero-order chi connectivity index (χ0) is 8.65. The Hall–Kier alpha value is -0.570. The van der Waals surface area contributed by atoms with E-state index in [0.29, 0.717) is 6.42 Å². The molecule has 12 heavy (non-hydrogen) atoms. The third-order valence-electron chi connectivity index (χ3n) is 2.13. The summed E-state index contributed by atoms with van der Waals surface area (Å²) >= 11 is 0. The standard InChI is InChI=1S/C9H18N2O/c12-9-5-3-1-2-4-6-10-7-8-11-9/h10H,1-8H2,(H,11,12). The smallest absolute Gasteiger partial charge is 0.220 e. The van der Waals surface area contributed by atoms with Crippen LogP contribution in [0.2, 0.25) is 0 Å². The van der Waals surface area contributed by atoms with Gasteiger partial charge in [-0.25, -0.2) is 0 Å². The minimum atomic E-state index is 0.207. The molecule has 1 amide bonds. The van der Waals surface area contributed by atoms with Crippen LogP contribution in [0.25, 0.3) is 0 Å². The van der Waals surface area contributed by atoms with Crippen molar-refractivity contribution < 1.29 is 4.79 Å². The van der Waals surface area contributed by atoms with Crippen LogP contribution in [0.1, 0.15) is 32.1 Å². The summed E-state index contributed by atoms with van der Waals surface area (Å²) in [4.78, 5) is 11.1. The normalized spacial score (nSPS) is 22.5. The van der Waals surface area contributed by atoms with E-state index in [1.165, 1.54) is 19.3 Å². The maximum Gasteiger partial charge on any atom is 0.220 e. The number of carbonyl (C=O) groups is 1. The summed E-state index contributed by atoms with van der Waals surface area (Å²) in [6.07, 6.45) is 5.44. The van der Waals surface area contributed by atoms with Crippen molar-refractivity contribution in [1.29, 1.82) is 0 Å². The minimum absolute atomic E-state index is 0.207. The van der Waals surface area contributed by atoms with Gasteiger partial charge in [-0.05, 0) is 19.4 Å². The van der Waals surface area contributed by atoms with E-state index in [-0.39, 0.29) is 5.91 Å². The maximum atomic E-state index is 11.1. The van der Waals surface area contributed by atoms with Gasteiger partial charge in [-0.2, -0.15) is 0 Å². The van der Waals surface area contributed by atoms with Crippen molar-refractivity contribution >= 4 is 5.91 Å². The molecule has 1 fully saturated rings. The fourth-order valence-electron chi connectivity index (χ4n) is 1.39. The van der Waals surface area contributed by atoms with Gasteiger partial charge in [0.05, 0.1) is 0 Å². The fraction of sp³-hybridized carbons (Fsp3) is 0.889. The summed E-state index contributed by atoms with van der Waals surface area (Å²) in [6.45, 7) is 2.78. The van der Waals surface area contributed by atoms with E-state index < -0.39 is 0 Å². The molecule has 1 aliphatic heterocycles. The molecule has 0 aromatic carbocycles. The van der Waals surface area contributed by atoms with Gasteiger partial charge in [0.2, 0.25) is 5.91 Å². The summed E-state index contributed by atoms with van der Waals surface area (Å²) in [6, 6.07) is 0. The Morgan fingerprint density at radius 1 is 0.917 bits per heavy atom. The summed E-state index contributed by atoms with van der Waals surface area (Å²) in [7, 11) is 0. The number of hydrogen-bond acceptors (Lipinski definition) is 2. The zero-order valence-electron chi connectivity index (χ0n) is 7.57. The number of amides is 1. The van der Waals surface area contributed by atoms with E-state index in [4.69, 9.17) is 0 Å². The van der Waals surface area contributed by atoms with Crippen LogP contribution < -0.4 is 10.6 Å². The highest BCUT2D eigenvalue weighted by Gasteiger charge is 2.01. The molecule has 0 bridgehead atoms. The van der Waals surface area contributed by atoms with E-state index in [2.05, 4.69) is 10.6 Å². The first-order chi connectivity index (χ1) is 5.89. The van der Waals surface area contributed by atoms with Crippen molar-refractivity contribution in [3.63, 3.8) is 0 Å². The number of rotatable bonds is 0. The first-order valence-corrected chi connectivity index (χ1v) is 4.87. The molecule has 1 heterocycles. The van der Waals surface area contributed by atoms with E-state index in [1.54, 1.807) is 0 Å². The molecule has 0 aliphatic carbocycles. The lowest BCUT2D eigenvalue weighted by molar-refractivity contribution is -0.121. The van der Waals surface area contributed by atoms with Crippen LogP contribution in [0.4, 0.5) is 0 Å². The molecule has 2 N–H and O–H groups in total. The first-order valence-electron chi connectivity index (χ1n) is 4.87. The van der Waals surface area contributed by atoms with Gasteiger partial charge >= 0.3 is 0 Å². The van der Waals surface area contributed by atoms with Gasteiger partial charge in [0, 0.05) is 19.5 Å². The topological polar surface area (TPSA) is 41.1 Å². The van der Waals surface area contributed by atoms with Gasteiger partial charge < -0.3 is 10.6 Å². The van der Waals surface area contributed by atoms with Crippen molar-refractivity contribution in [3.8, 4) is 0 Å². The molecule has 1 rings (SSSR count). The quantitative estimate of drug-likeness (QED) is 0.560. The highest BCUT2D eigenvalue weighted by molar-refractivity contribution is 5.75. The second kappa shape index (κ2) is 6.00. The second-order valence-corrected chi connectivity index (χ2v) is 3.26. The van der Waals surface area contributed by atoms with Crippen LogP contribution >= 0.6 is 0 Å². The SMILES string of the molecule is O=C1CCCCCCNCCN1. The van der Waals surface area contributed by atoms with E-state index in [9.17, 15) is 4.79 Å². The Labute approximate surface area is 73.9 Å². The summed E-state index contributed by atoms with van der Waals surface area (Å²) in [5.41, 5.74) is 0. The van der Waals surface area contributed by atoms with Gasteiger partial charge in [-0.3, -0.25) is 4.79 Å². The minimum Gasteiger partial charge on any atom is -0.355 e. The second-order valence-electron chi connectivity index (χ2n) is 3.26. The van der Waals surface area contributed by atoms with Gasteiger partial charge in [0.15, 0.2) is 0 Å². The monoisotopic (exact) mass is 170 g/mol. The lowest BCUT2D eigenvalue weighted by Crippen LogP contribution is -2.31. The van der Waals surface area contributed by atoms with Crippen molar-refractivity contribution in [2.45, 2.75) is 32.1 Å². The summed E-state index contributed by atoms with van der Waals surface area (Å²) < 4.78 is 0. The van der Waals surface area contributed by atoms with Crippen LogP contribution in [-0.4, -0.2) is 25.5 Å². The molecule has 0 unspecified atom stereocenters. The van der Waals surface area contributed by atoms with Crippen molar-refractivity contribution in [2.75, 3.05) is 19.6 Å². The summed E-state index contributed by atoms with van der Waals surface area (Å²) in [5.74, 6) is 0.207. The molecule has 0 atom stereocenters. The van der Waals surface area contributed by atoms with E-state index >= 15 is 0 Å². The maximum absolute atomic E-state index is 11.1. The average molecular weight is 170 g/mol. The molecule has 70 valence electrons. The van der Waals surface area contributed by atoms with Crippen LogP contribution in [0.15, 0.2) is 0 Å². The fourth-order valence-corrected chi connectivity index (χ4v) is 1.39. The Morgan fingerprint density at radius 2 is 1.75 bits per heavy atom. The molecular weight excluding hydrogens is 152 g/mol. The molecule has 0 aromatic heterocycles. The molecule has 1 aliphatic rings. The molecule has 0 aromatic rings. The number of carbonyl (C=O) groups excluding carboxylic acids is 1. The first kappa shape index (κ1) is 9.52. The van der Waals surface area contributed by atoms with E-state index in [1.807, 2.05) is 0 Å². The summed E-state index contributed by atoms with van der Waals surface area (Å²) in [5, 5.41) is 6.17. The highest BCUT2D eigenvalue weighted by atomic mass is 16.1. The van der Waals surface area contributed by atoms with Gasteiger partial charge in [-0.1, -0.05) is 12.8 Å². The predicted octanol–water partition coefficient (Wildman–Crippen LogP) is 0.656. The van der Waals surface area contributed by atoms with Crippen molar-refractivity contribution in [1.82, 2.24) is 10.6 Å². The largest absolute Gasteiger partial charge is 0.355 e. The Balaban J connectivity index is 2.17. The molecule has 0 spiro atoms. The predicted molar refractivity (Wildman–Crippen MR) is 49.0 cm³/mol. The van der Waals surface area contributed by atoms with Crippen LogP contribution in [-0.2, 0) is 4.79 Å². The van der Waals surface area contributed by atoms with Crippen LogP contribution in [0, 0.1) is 0 Å². The number of hydrogen-bond donors (Lipinski definition) is 2. The highest BCUT2D eigenvalue weighted by Crippen LogP contribution is 2.02. The van der Waals surface area contributed by atoms with E-state index in [0.717, 1.165) is 26.1 Å². The van der Waals surface area contributed by atoms with Gasteiger partial charge in [0.25, 0.3) is 0 Å². The van der Waals surface area contributed by atoms with Gasteiger partial charge in [0.1, 0.15) is 0 Å². The third-order valence-corrected chi connectivity index (χ3v) is 2.13. The van der Waals surface area contributed by atoms with Crippen LogP contribution in [0.5, 0.6) is 0 Å². The molecular formula is C9H18N2O. The lowest BCUT2D eigenvalue weighted by Gasteiger charge is -2.03. The Bertz CT molecular complexity index is 122. The Morgan fingerprint density at radius 3 is 2.67 bits per heavy atom. The average Bonchev–Trinajstić information content (AvgIpc) is 2.11. The molecule has 3 heteroatoms. The third kappa shape index (κ3) is 4.34. The molecule has 0 radical (unpaired) electrons. The van der Waals surface area contributed by atoms with Crippen molar-refractivity contribution in [3.05, 3.63) is 0 Å². The molecule has 3 nitrogen and oxygen atoms in total. The lowest BCUT2D eigenvalue weighted by atomic mass is 10.1.